The second kappa shape index (κ2) is 5.51. The number of nitro benzene ring substituents is 1. The molecule has 1 aliphatic heterocycles. The van der Waals surface area contributed by atoms with Gasteiger partial charge in [-0.15, -0.1) is 0 Å². The van der Waals surface area contributed by atoms with Crippen LogP contribution in [-0.2, 0) is 11.2 Å². The zero-order valence-corrected chi connectivity index (χ0v) is 10.6. The molecule has 1 aromatic carbocycles. The van der Waals surface area contributed by atoms with E-state index in [9.17, 15) is 14.9 Å². The Morgan fingerprint density at radius 3 is 3.00 bits per heavy atom. The van der Waals surface area contributed by atoms with Crippen molar-refractivity contribution in [3.05, 3.63) is 40.0 Å². The average molecular weight is 261 g/mol. The number of nitrogens with zero attached hydrogens (tertiary/aromatic N) is 1. The van der Waals surface area contributed by atoms with E-state index in [4.69, 9.17) is 0 Å². The summed E-state index contributed by atoms with van der Waals surface area (Å²) in [6.45, 7) is 2.53. The van der Waals surface area contributed by atoms with Crippen molar-refractivity contribution < 1.29 is 9.72 Å². The Kier molecular flexibility index (Phi) is 3.79. The highest BCUT2D eigenvalue weighted by Crippen LogP contribution is 2.34. The van der Waals surface area contributed by atoms with Gasteiger partial charge < -0.3 is 10.6 Å². The molecule has 2 rings (SSSR count). The van der Waals surface area contributed by atoms with Crippen LogP contribution in [0.1, 0.15) is 18.9 Å². The maximum atomic E-state index is 11.3. The number of allylic oxidation sites excluding steroid dienone is 1. The minimum Gasteiger partial charge on any atom is -0.379 e. The van der Waals surface area contributed by atoms with Crippen LogP contribution < -0.4 is 10.6 Å². The lowest BCUT2D eigenvalue weighted by atomic mass is 10.1. The molecule has 1 heterocycles. The van der Waals surface area contributed by atoms with Gasteiger partial charge in [0.05, 0.1) is 11.3 Å². The Hall–Kier alpha value is -2.37. The van der Waals surface area contributed by atoms with Crippen molar-refractivity contribution in [3.63, 3.8) is 0 Å². The van der Waals surface area contributed by atoms with E-state index >= 15 is 0 Å². The van der Waals surface area contributed by atoms with Crippen LogP contribution in [0.4, 0.5) is 17.1 Å². The number of nitrogens with one attached hydrogen (secondary N) is 2. The van der Waals surface area contributed by atoms with Gasteiger partial charge in [0.15, 0.2) is 0 Å². The molecule has 1 aliphatic rings. The molecule has 0 saturated heterocycles. The quantitative estimate of drug-likeness (QED) is 0.369. The third-order valence-corrected chi connectivity index (χ3v) is 2.91. The number of carbonyl (C=O) groups excluding carboxylic acids is 1. The van der Waals surface area contributed by atoms with Crippen molar-refractivity contribution in [1.82, 2.24) is 0 Å². The van der Waals surface area contributed by atoms with Gasteiger partial charge in [0.1, 0.15) is 5.69 Å². The van der Waals surface area contributed by atoms with Gasteiger partial charge in [0.25, 0.3) is 5.69 Å². The second-order valence-corrected chi connectivity index (χ2v) is 4.29. The van der Waals surface area contributed by atoms with Gasteiger partial charge in [-0.3, -0.25) is 14.9 Å². The Balaban J connectivity index is 2.23. The van der Waals surface area contributed by atoms with E-state index in [1.165, 1.54) is 6.07 Å². The van der Waals surface area contributed by atoms with Gasteiger partial charge >= 0.3 is 0 Å². The number of benzene rings is 1. The van der Waals surface area contributed by atoms with Crippen LogP contribution in [0.15, 0.2) is 24.3 Å². The molecule has 0 atom stereocenters. The molecule has 0 spiro atoms. The molecular formula is C13H15N3O3. The molecule has 1 amide bonds. The van der Waals surface area contributed by atoms with E-state index in [2.05, 4.69) is 10.6 Å². The third-order valence-electron chi connectivity index (χ3n) is 2.91. The molecule has 0 radical (unpaired) electrons. The van der Waals surface area contributed by atoms with Crippen molar-refractivity contribution >= 4 is 23.0 Å². The summed E-state index contributed by atoms with van der Waals surface area (Å²) in [5.41, 5.74) is 1.78. The lowest BCUT2D eigenvalue weighted by Gasteiger charge is -2.08. The summed E-state index contributed by atoms with van der Waals surface area (Å²) in [6.07, 6.45) is 4.90. The summed E-state index contributed by atoms with van der Waals surface area (Å²) in [5, 5.41) is 16.8. The number of anilines is 2. The summed E-state index contributed by atoms with van der Waals surface area (Å²) in [6, 6.07) is 3.10. The van der Waals surface area contributed by atoms with Crippen LogP contribution >= 0.6 is 0 Å². The molecule has 0 bridgehead atoms. The predicted molar refractivity (Wildman–Crippen MR) is 73.4 cm³/mol. The molecule has 19 heavy (non-hydrogen) atoms. The molecule has 1 aromatic rings. The Morgan fingerprint density at radius 2 is 2.32 bits per heavy atom. The Labute approximate surface area is 110 Å². The molecular weight excluding hydrogens is 246 g/mol. The smallest absolute Gasteiger partial charge is 0.292 e. The zero-order valence-electron chi connectivity index (χ0n) is 10.6. The van der Waals surface area contributed by atoms with E-state index in [1.807, 2.05) is 19.1 Å². The highest BCUT2D eigenvalue weighted by molar-refractivity contribution is 6.00. The standard InChI is InChI=1S/C13H15N3O3/c1-2-3-4-5-14-11-8-10-9(7-13(17)15-10)6-12(11)16(18)19/h2-3,6,8,14H,4-5,7H2,1H3,(H,15,17)/b3-2+. The predicted octanol–water partition coefficient (Wildman–Crippen LogP) is 2.47. The normalized spacial score (nSPS) is 13.4. The first kappa shape index (κ1) is 13.1. The molecule has 6 nitrogen and oxygen atoms in total. The minimum atomic E-state index is -0.429. The highest BCUT2D eigenvalue weighted by Gasteiger charge is 2.24. The van der Waals surface area contributed by atoms with Crippen LogP contribution in [0.5, 0.6) is 0 Å². The van der Waals surface area contributed by atoms with Crippen molar-refractivity contribution in [2.75, 3.05) is 17.2 Å². The van der Waals surface area contributed by atoms with Crippen molar-refractivity contribution in [2.24, 2.45) is 0 Å². The molecule has 0 aromatic heterocycles. The van der Waals surface area contributed by atoms with Crippen LogP contribution in [0, 0.1) is 10.1 Å². The van der Waals surface area contributed by atoms with Gasteiger partial charge in [-0.05, 0) is 25.0 Å². The lowest BCUT2D eigenvalue weighted by Crippen LogP contribution is -2.05. The maximum Gasteiger partial charge on any atom is 0.292 e. The molecule has 0 fully saturated rings. The van der Waals surface area contributed by atoms with Gasteiger partial charge in [0, 0.05) is 18.3 Å². The van der Waals surface area contributed by atoms with Crippen LogP contribution in [0.3, 0.4) is 0 Å². The van der Waals surface area contributed by atoms with Crippen LogP contribution in [0.2, 0.25) is 0 Å². The maximum absolute atomic E-state index is 11.3. The highest BCUT2D eigenvalue weighted by atomic mass is 16.6. The summed E-state index contributed by atoms with van der Waals surface area (Å²) in [4.78, 5) is 21.9. The van der Waals surface area contributed by atoms with Crippen molar-refractivity contribution in [2.45, 2.75) is 19.8 Å². The van der Waals surface area contributed by atoms with Gasteiger partial charge in [-0.1, -0.05) is 12.2 Å². The number of rotatable bonds is 5. The number of hydrogen-bond acceptors (Lipinski definition) is 4. The van der Waals surface area contributed by atoms with E-state index in [1.54, 1.807) is 6.07 Å². The first-order chi connectivity index (χ1) is 9.11. The topological polar surface area (TPSA) is 84.3 Å². The Bertz CT molecular complexity index is 552. The number of fused-ring (bicyclic) bond motifs is 1. The Morgan fingerprint density at radius 1 is 1.53 bits per heavy atom. The van der Waals surface area contributed by atoms with Gasteiger partial charge in [0.2, 0.25) is 5.91 Å². The summed E-state index contributed by atoms with van der Waals surface area (Å²) in [7, 11) is 0. The number of hydrogen-bond donors (Lipinski definition) is 2. The largest absolute Gasteiger partial charge is 0.379 e. The fourth-order valence-electron chi connectivity index (χ4n) is 2.01. The monoisotopic (exact) mass is 261 g/mol. The summed E-state index contributed by atoms with van der Waals surface area (Å²) >= 11 is 0. The number of amides is 1. The molecule has 2 N–H and O–H groups in total. The fourth-order valence-corrected chi connectivity index (χ4v) is 2.01. The van der Waals surface area contributed by atoms with E-state index in [-0.39, 0.29) is 18.0 Å². The molecule has 100 valence electrons. The van der Waals surface area contributed by atoms with Crippen LogP contribution in [-0.4, -0.2) is 17.4 Å². The van der Waals surface area contributed by atoms with Crippen molar-refractivity contribution in [3.8, 4) is 0 Å². The zero-order chi connectivity index (χ0) is 13.8. The third kappa shape index (κ3) is 2.90. The van der Waals surface area contributed by atoms with E-state index in [0.29, 0.717) is 23.5 Å². The van der Waals surface area contributed by atoms with E-state index < -0.39 is 4.92 Å². The second-order valence-electron chi connectivity index (χ2n) is 4.29. The van der Waals surface area contributed by atoms with Crippen LogP contribution in [0.25, 0.3) is 0 Å². The SMILES string of the molecule is C/C=C/CCNc1cc2c(cc1[N+](=O)[O-])CC(=O)N2. The number of carbonyl (C=O) groups is 1. The van der Waals surface area contributed by atoms with Gasteiger partial charge in [-0.25, -0.2) is 0 Å². The molecule has 0 unspecified atom stereocenters. The van der Waals surface area contributed by atoms with E-state index in [0.717, 1.165) is 6.42 Å². The first-order valence-corrected chi connectivity index (χ1v) is 6.08. The summed E-state index contributed by atoms with van der Waals surface area (Å²) in [5.74, 6) is -0.129. The number of nitro groups is 1. The lowest BCUT2D eigenvalue weighted by molar-refractivity contribution is -0.384. The molecule has 0 aliphatic carbocycles. The van der Waals surface area contributed by atoms with Gasteiger partial charge in [-0.2, -0.15) is 0 Å². The minimum absolute atomic E-state index is 0.00993. The molecule has 0 saturated carbocycles. The van der Waals surface area contributed by atoms with Crippen molar-refractivity contribution in [1.29, 1.82) is 0 Å². The average Bonchev–Trinajstić information content (AvgIpc) is 2.72. The fraction of sp³-hybridized carbons (Fsp3) is 0.308. The first-order valence-electron chi connectivity index (χ1n) is 6.08. The molecule has 6 heteroatoms. The summed E-state index contributed by atoms with van der Waals surface area (Å²) < 4.78 is 0.